The van der Waals surface area contributed by atoms with Gasteiger partial charge < -0.3 is 24.8 Å². The zero-order valence-electron chi connectivity index (χ0n) is 25.9. The first kappa shape index (κ1) is 30.9. The second-order valence-electron chi connectivity index (χ2n) is 11.9. The van der Waals surface area contributed by atoms with E-state index in [-0.39, 0.29) is 30.6 Å². The Balaban J connectivity index is 1.22. The third-order valence-electron chi connectivity index (χ3n) is 8.73. The predicted octanol–water partition coefficient (Wildman–Crippen LogP) is 4.89. The van der Waals surface area contributed by atoms with Crippen molar-refractivity contribution in [1.29, 1.82) is 0 Å². The number of amides is 1. The van der Waals surface area contributed by atoms with Gasteiger partial charge in [0.05, 0.1) is 18.8 Å². The number of carbonyl (C=O) groups is 1. The Morgan fingerprint density at radius 1 is 0.867 bits per heavy atom. The van der Waals surface area contributed by atoms with Gasteiger partial charge in [0.2, 0.25) is 11.9 Å². The molecule has 0 radical (unpaired) electrons. The van der Waals surface area contributed by atoms with E-state index >= 15 is 0 Å². The molecule has 4 atom stereocenters. The average Bonchev–Trinajstić information content (AvgIpc) is 3.09. The molecule has 2 aliphatic heterocycles. The third-order valence-corrected chi connectivity index (χ3v) is 8.73. The maximum Gasteiger partial charge on any atom is 0.225 e. The number of piperazine rings is 1. The minimum atomic E-state index is -0.546. The van der Waals surface area contributed by atoms with Crippen molar-refractivity contribution in [2.24, 2.45) is 5.92 Å². The first-order chi connectivity index (χ1) is 22.0. The van der Waals surface area contributed by atoms with E-state index in [0.29, 0.717) is 6.54 Å². The largest absolute Gasteiger partial charge is 0.392 e. The molecule has 9 heteroatoms. The first-order valence-corrected chi connectivity index (χ1v) is 15.7. The average molecular weight is 608 g/mol. The molecule has 4 unspecified atom stereocenters. The lowest BCUT2D eigenvalue weighted by Crippen LogP contribution is -2.51. The molecule has 2 aliphatic rings. The molecule has 6 rings (SSSR count). The van der Waals surface area contributed by atoms with Crippen molar-refractivity contribution < 1.29 is 19.4 Å². The van der Waals surface area contributed by atoms with Crippen molar-refractivity contribution in [1.82, 2.24) is 20.2 Å². The number of anilines is 1. The molecular weight excluding hydrogens is 566 g/mol. The van der Waals surface area contributed by atoms with Gasteiger partial charge in [-0.2, -0.15) is 0 Å². The Morgan fingerprint density at radius 2 is 1.58 bits per heavy atom. The van der Waals surface area contributed by atoms with E-state index in [4.69, 9.17) is 9.47 Å². The molecule has 2 fully saturated rings. The summed E-state index contributed by atoms with van der Waals surface area (Å²) in [4.78, 5) is 25.0. The van der Waals surface area contributed by atoms with Gasteiger partial charge in [0.1, 0.15) is 0 Å². The van der Waals surface area contributed by atoms with Crippen LogP contribution in [0.5, 0.6) is 0 Å². The lowest BCUT2D eigenvalue weighted by molar-refractivity contribution is -0.276. The number of hydrogen-bond donors (Lipinski definition) is 2. The number of nitrogens with zero attached hydrogens (tertiary/aromatic N) is 4. The second kappa shape index (κ2) is 14.3. The normalized spacial score (nSPS) is 22.2. The summed E-state index contributed by atoms with van der Waals surface area (Å²) in [5, 5.41) is 12.5. The summed E-state index contributed by atoms with van der Waals surface area (Å²) in [5.41, 5.74) is 6.07. The number of aliphatic hydroxyl groups excluding tert-OH is 1. The molecule has 1 aromatic heterocycles. The van der Waals surface area contributed by atoms with Crippen LogP contribution in [0.4, 0.5) is 5.95 Å². The number of aliphatic hydroxyl groups is 1. The SMILES string of the molecule is CC(=O)NCc1cccc(-c2cccc(C3OC(CN4CCN(c5ncccn5)CC4)C(C)C(c4ccc(CO)cc4)O3)c2)c1. The molecule has 2 saturated heterocycles. The number of rotatable bonds is 9. The van der Waals surface area contributed by atoms with E-state index in [1.807, 2.05) is 36.4 Å². The molecule has 234 valence electrons. The Kier molecular flexibility index (Phi) is 9.81. The van der Waals surface area contributed by atoms with E-state index in [1.165, 1.54) is 6.92 Å². The van der Waals surface area contributed by atoms with Crippen LogP contribution in [0.3, 0.4) is 0 Å². The van der Waals surface area contributed by atoms with Crippen LogP contribution >= 0.6 is 0 Å². The standard InChI is InChI=1S/C36H41N5O4/c1-25-33(23-40-16-18-41(19-17-40)36-37-14-5-15-38-36)44-35(45-34(25)29-12-10-27(24-42)11-13-29)32-9-4-8-31(21-32)30-7-3-6-28(20-30)22-39-26(2)43/h3-15,20-21,25,33-35,42H,16-19,22-24H2,1-2H3,(H,39,43). The van der Waals surface area contributed by atoms with Crippen LogP contribution in [0.1, 0.15) is 48.5 Å². The van der Waals surface area contributed by atoms with Crippen LogP contribution in [-0.2, 0) is 27.4 Å². The van der Waals surface area contributed by atoms with Gasteiger partial charge >= 0.3 is 0 Å². The lowest BCUT2D eigenvalue weighted by Gasteiger charge is -2.44. The second-order valence-corrected chi connectivity index (χ2v) is 11.9. The fraction of sp³-hybridized carbons (Fsp3) is 0.361. The van der Waals surface area contributed by atoms with Crippen LogP contribution in [0.15, 0.2) is 91.3 Å². The van der Waals surface area contributed by atoms with E-state index < -0.39 is 6.29 Å². The predicted molar refractivity (Wildman–Crippen MR) is 173 cm³/mol. The van der Waals surface area contributed by atoms with E-state index in [1.54, 1.807) is 12.4 Å². The van der Waals surface area contributed by atoms with Gasteiger partial charge in [0, 0.05) is 70.1 Å². The van der Waals surface area contributed by atoms with E-state index in [0.717, 1.165) is 72.1 Å². The molecule has 1 amide bonds. The summed E-state index contributed by atoms with van der Waals surface area (Å²) in [5.74, 6) is 0.829. The highest BCUT2D eigenvalue weighted by molar-refractivity contribution is 5.73. The van der Waals surface area contributed by atoms with Gasteiger partial charge in [0.25, 0.3) is 0 Å². The van der Waals surface area contributed by atoms with Gasteiger partial charge in [-0.3, -0.25) is 9.69 Å². The summed E-state index contributed by atoms with van der Waals surface area (Å²) in [6.07, 6.45) is 2.80. The van der Waals surface area contributed by atoms with Gasteiger partial charge in [0.15, 0.2) is 6.29 Å². The van der Waals surface area contributed by atoms with Crippen LogP contribution < -0.4 is 10.2 Å². The molecule has 0 aliphatic carbocycles. The van der Waals surface area contributed by atoms with Gasteiger partial charge in [-0.15, -0.1) is 0 Å². The summed E-state index contributed by atoms with van der Waals surface area (Å²) < 4.78 is 13.5. The molecule has 45 heavy (non-hydrogen) atoms. The zero-order chi connectivity index (χ0) is 31.2. The minimum Gasteiger partial charge on any atom is -0.392 e. The zero-order valence-corrected chi connectivity index (χ0v) is 25.9. The highest BCUT2D eigenvalue weighted by Gasteiger charge is 2.39. The number of hydrogen-bond acceptors (Lipinski definition) is 8. The number of benzene rings is 3. The molecule has 3 aromatic carbocycles. The molecular formula is C36H41N5O4. The number of ether oxygens (including phenoxy) is 2. The molecule has 0 spiro atoms. The van der Waals surface area contributed by atoms with Crippen molar-refractivity contribution in [2.45, 2.75) is 45.5 Å². The van der Waals surface area contributed by atoms with Crippen molar-refractivity contribution in [3.8, 4) is 11.1 Å². The number of carbonyl (C=O) groups excluding carboxylic acids is 1. The first-order valence-electron chi connectivity index (χ1n) is 15.7. The Labute approximate surface area is 264 Å². The van der Waals surface area contributed by atoms with Gasteiger partial charge in [-0.25, -0.2) is 9.97 Å². The maximum absolute atomic E-state index is 11.4. The fourth-order valence-corrected chi connectivity index (χ4v) is 6.12. The number of nitrogens with one attached hydrogen (secondary N) is 1. The van der Waals surface area contributed by atoms with Gasteiger partial charge in [-0.05, 0) is 46.0 Å². The summed E-state index contributed by atoms with van der Waals surface area (Å²) in [6.45, 7) is 8.54. The van der Waals surface area contributed by atoms with Crippen molar-refractivity contribution in [3.63, 3.8) is 0 Å². The molecule has 0 saturated carbocycles. The van der Waals surface area contributed by atoms with Crippen LogP contribution in [0.2, 0.25) is 0 Å². The highest BCUT2D eigenvalue weighted by Crippen LogP contribution is 2.42. The summed E-state index contributed by atoms with van der Waals surface area (Å²) >= 11 is 0. The van der Waals surface area contributed by atoms with Crippen LogP contribution in [0, 0.1) is 5.92 Å². The molecule has 4 aromatic rings. The quantitative estimate of drug-likeness (QED) is 0.278. The van der Waals surface area contributed by atoms with Crippen molar-refractivity contribution in [3.05, 3.63) is 114 Å². The minimum absolute atomic E-state index is 0.00846. The van der Waals surface area contributed by atoms with Gasteiger partial charge in [-0.1, -0.05) is 67.6 Å². The Morgan fingerprint density at radius 3 is 2.29 bits per heavy atom. The monoisotopic (exact) mass is 607 g/mol. The van der Waals surface area contributed by atoms with Crippen LogP contribution in [-0.4, -0.2) is 64.7 Å². The third kappa shape index (κ3) is 7.57. The maximum atomic E-state index is 11.4. The fourth-order valence-electron chi connectivity index (χ4n) is 6.12. The van der Waals surface area contributed by atoms with E-state index in [2.05, 4.69) is 74.5 Å². The highest BCUT2D eigenvalue weighted by atomic mass is 16.7. The smallest absolute Gasteiger partial charge is 0.225 e. The Bertz CT molecular complexity index is 1560. The number of aromatic nitrogens is 2. The molecule has 0 bridgehead atoms. The van der Waals surface area contributed by atoms with Crippen molar-refractivity contribution in [2.75, 3.05) is 37.6 Å². The summed E-state index contributed by atoms with van der Waals surface area (Å²) in [7, 11) is 0. The molecule has 3 heterocycles. The van der Waals surface area contributed by atoms with Crippen molar-refractivity contribution >= 4 is 11.9 Å². The van der Waals surface area contributed by atoms with Crippen LogP contribution in [0.25, 0.3) is 11.1 Å². The Hall–Kier alpha value is -4.15. The lowest BCUT2D eigenvalue weighted by atomic mass is 9.89. The summed E-state index contributed by atoms with van der Waals surface area (Å²) in [6, 6.07) is 26.4. The molecule has 9 nitrogen and oxygen atoms in total. The van der Waals surface area contributed by atoms with E-state index in [9.17, 15) is 9.90 Å². The topological polar surface area (TPSA) is 100 Å². The molecule has 2 N–H and O–H groups in total.